The number of hydrogen-bond acceptors (Lipinski definition) is 4. The van der Waals surface area contributed by atoms with Crippen molar-refractivity contribution in [2.75, 3.05) is 12.4 Å². The summed E-state index contributed by atoms with van der Waals surface area (Å²) in [6.07, 6.45) is 0. The van der Waals surface area contributed by atoms with Gasteiger partial charge in [0.25, 0.3) is 0 Å². The van der Waals surface area contributed by atoms with Gasteiger partial charge in [0.15, 0.2) is 0 Å². The van der Waals surface area contributed by atoms with Crippen molar-refractivity contribution in [2.45, 2.75) is 17.9 Å². The molecule has 0 spiro atoms. The van der Waals surface area contributed by atoms with Crippen molar-refractivity contribution >= 4 is 21.6 Å². The first kappa shape index (κ1) is 17.9. The van der Waals surface area contributed by atoms with E-state index in [1.165, 1.54) is 56.5 Å². The largest absolute Gasteiger partial charge is 0.497 e. The number of sulfonamides is 1. The topological polar surface area (TPSA) is 84.5 Å². The SMILES string of the molecule is COc1ccc(S(=O)(=O)N[C@@H](C)C(=O)Nc2ccccc2F)cc1. The molecule has 0 aliphatic carbocycles. The lowest BCUT2D eigenvalue weighted by Crippen LogP contribution is -2.41. The highest BCUT2D eigenvalue weighted by atomic mass is 32.2. The monoisotopic (exact) mass is 352 g/mol. The van der Waals surface area contributed by atoms with Crippen LogP contribution in [0.15, 0.2) is 53.4 Å². The van der Waals surface area contributed by atoms with Crippen molar-refractivity contribution in [3.05, 3.63) is 54.3 Å². The number of carbonyl (C=O) groups is 1. The molecular weight excluding hydrogens is 335 g/mol. The molecule has 0 fully saturated rings. The van der Waals surface area contributed by atoms with E-state index in [0.29, 0.717) is 5.75 Å². The van der Waals surface area contributed by atoms with E-state index in [-0.39, 0.29) is 10.6 Å². The molecule has 0 radical (unpaired) electrons. The van der Waals surface area contributed by atoms with E-state index < -0.39 is 27.8 Å². The van der Waals surface area contributed by atoms with Crippen LogP contribution in [0, 0.1) is 5.82 Å². The third-order valence-corrected chi connectivity index (χ3v) is 4.78. The van der Waals surface area contributed by atoms with Crippen LogP contribution in [-0.4, -0.2) is 27.5 Å². The molecule has 2 N–H and O–H groups in total. The van der Waals surface area contributed by atoms with Crippen LogP contribution in [0.4, 0.5) is 10.1 Å². The van der Waals surface area contributed by atoms with Crippen LogP contribution in [0.3, 0.4) is 0 Å². The molecule has 2 rings (SSSR count). The molecule has 0 aliphatic heterocycles. The summed E-state index contributed by atoms with van der Waals surface area (Å²) >= 11 is 0. The molecule has 0 aliphatic rings. The van der Waals surface area contributed by atoms with Gasteiger partial charge in [0.2, 0.25) is 15.9 Å². The molecule has 0 saturated heterocycles. The average Bonchev–Trinajstić information content (AvgIpc) is 2.56. The third kappa shape index (κ3) is 4.30. The van der Waals surface area contributed by atoms with E-state index in [9.17, 15) is 17.6 Å². The van der Waals surface area contributed by atoms with Gasteiger partial charge in [-0.25, -0.2) is 12.8 Å². The Labute approximate surface area is 139 Å². The maximum Gasteiger partial charge on any atom is 0.242 e. The molecule has 2 aromatic carbocycles. The fourth-order valence-corrected chi connectivity index (χ4v) is 3.12. The second-order valence-electron chi connectivity index (χ2n) is 4.99. The normalized spacial score (nSPS) is 12.5. The minimum Gasteiger partial charge on any atom is -0.497 e. The number of ether oxygens (including phenoxy) is 1. The Bertz CT molecular complexity index is 822. The third-order valence-electron chi connectivity index (χ3n) is 3.23. The first-order valence-corrected chi connectivity index (χ1v) is 8.53. The zero-order valence-corrected chi connectivity index (χ0v) is 13.9. The molecule has 0 aromatic heterocycles. The molecule has 0 heterocycles. The summed E-state index contributed by atoms with van der Waals surface area (Å²) in [6, 6.07) is 10.3. The Kier molecular flexibility index (Phi) is 5.53. The Morgan fingerprint density at radius 2 is 1.75 bits per heavy atom. The highest BCUT2D eigenvalue weighted by molar-refractivity contribution is 7.89. The van der Waals surface area contributed by atoms with Gasteiger partial charge in [0.1, 0.15) is 11.6 Å². The van der Waals surface area contributed by atoms with Crippen LogP contribution in [0.2, 0.25) is 0 Å². The number of rotatable bonds is 6. The summed E-state index contributed by atoms with van der Waals surface area (Å²) in [5.41, 5.74) is -0.0157. The lowest BCUT2D eigenvalue weighted by molar-refractivity contribution is -0.117. The summed E-state index contributed by atoms with van der Waals surface area (Å²) in [5, 5.41) is 2.34. The van der Waals surface area contributed by atoms with Crippen LogP contribution in [-0.2, 0) is 14.8 Å². The van der Waals surface area contributed by atoms with Gasteiger partial charge in [-0.15, -0.1) is 0 Å². The van der Waals surface area contributed by atoms with Crippen LogP contribution >= 0.6 is 0 Å². The number of hydrogen-bond donors (Lipinski definition) is 2. The predicted molar refractivity (Wildman–Crippen MR) is 87.8 cm³/mol. The van der Waals surface area contributed by atoms with Crippen LogP contribution in [0.5, 0.6) is 5.75 Å². The van der Waals surface area contributed by atoms with Gasteiger partial charge >= 0.3 is 0 Å². The van der Waals surface area contributed by atoms with Crippen molar-refractivity contribution < 1.29 is 22.3 Å². The Hall–Kier alpha value is -2.45. The molecule has 0 bridgehead atoms. The van der Waals surface area contributed by atoms with Crippen LogP contribution in [0.1, 0.15) is 6.92 Å². The maximum atomic E-state index is 13.5. The Morgan fingerprint density at radius 1 is 1.12 bits per heavy atom. The fourth-order valence-electron chi connectivity index (χ4n) is 1.91. The average molecular weight is 352 g/mol. The molecule has 0 saturated carbocycles. The quantitative estimate of drug-likeness (QED) is 0.834. The van der Waals surface area contributed by atoms with Crippen molar-refractivity contribution in [1.82, 2.24) is 4.72 Å². The zero-order chi connectivity index (χ0) is 17.7. The van der Waals surface area contributed by atoms with Crippen LogP contribution in [0.25, 0.3) is 0 Å². The van der Waals surface area contributed by atoms with Gasteiger partial charge in [0.05, 0.1) is 23.7 Å². The summed E-state index contributed by atoms with van der Waals surface area (Å²) < 4.78 is 45.3. The molecule has 1 atom stereocenters. The van der Waals surface area contributed by atoms with Gasteiger partial charge < -0.3 is 10.1 Å². The Morgan fingerprint density at radius 3 is 2.33 bits per heavy atom. The number of carbonyl (C=O) groups excluding carboxylic acids is 1. The van der Waals surface area contributed by atoms with Gasteiger partial charge in [-0.05, 0) is 43.3 Å². The second kappa shape index (κ2) is 7.41. The number of para-hydroxylation sites is 1. The summed E-state index contributed by atoms with van der Waals surface area (Å²) in [4.78, 5) is 12.0. The smallest absolute Gasteiger partial charge is 0.242 e. The fraction of sp³-hybridized carbons (Fsp3) is 0.188. The lowest BCUT2D eigenvalue weighted by Gasteiger charge is -2.15. The first-order chi connectivity index (χ1) is 11.3. The molecule has 2 aromatic rings. The molecule has 6 nitrogen and oxygen atoms in total. The van der Waals surface area contributed by atoms with Crippen molar-refractivity contribution in [1.29, 1.82) is 0 Å². The molecule has 1 amide bonds. The van der Waals surface area contributed by atoms with Crippen molar-refractivity contribution in [2.24, 2.45) is 0 Å². The highest BCUT2D eigenvalue weighted by Crippen LogP contribution is 2.16. The van der Waals surface area contributed by atoms with E-state index in [1.807, 2.05) is 0 Å². The van der Waals surface area contributed by atoms with E-state index in [1.54, 1.807) is 6.07 Å². The molecule has 0 unspecified atom stereocenters. The van der Waals surface area contributed by atoms with E-state index in [2.05, 4.69) is 10.0 Å². The number of amides is 1. The standard InChI is InChI=1S/C16H17FN2O4S/c1-11(16(20)18-15-6-4-3-5-14(15)17)19-24(21,22)13-9-7-12(23-2)8-10-13/h3-11,19H,1-2H3,(H,18,20)/t11-/m0/s1. The zero-order valence-electron chi connectivity index (χ0n) is 13.1. The van der Waals surface area contributed by atoms with Gasteiger partial charge in [-0.2, -0.15) is 4.72 Å². The first-order valence-electron chi connectivity index (χ1n) is 7.05. The van der Waals surface area contributed by atoms with E-state index in [0.717, 1.165) is 0 Å². The minimum atomic E-state index is -3.89. The van der Waals surface area contributed by atoms with Gasteiger partial charge in [-0.1, -0.05) is 12.1 Å². The Balaban J connectivity index is 2.08. The minimum absolute atomic E-state index is 0.00570. The highest BCUT2D eigenvalue weighted by Gasteiger charge is 2.22. The molecular formula is C16H17FN2O4S. The lowest BCUT2D eigenvalue weighted by atomic mass is 10.2. The molecule has 8 heteroatoms. The predicted octanol–water partition coefficient (Wildman–Crippen LogP) is 2.14. The van der Waals surface area contributed by atoms with E-state index in [4.69, 9.17) is 4.74 Å². The number of methoxy groups -OCH3 is 1. The van der Waals surface area contributed by atoms with Gasteiger partial charge in [-0.3, -0.25) is 4.79 Å². The maximum absolute atomic E-state index is 13.5. The number of anilines is 1. The number of halogens is 1. The van der Waals surface area contributed by atoms with Crippen molar-refractivity contribution in [3.63, 3.8) is 0 Å². The van der Waals surface area contributed by atoms with Gasteiger partial charge in [0, 0.05) is 0 Å². The summed E-state index contributed by atoms with van der Waals surface area (Å²) in [6.45, 7) is 1.37. The number of benzene rings is 2. The molecule has 128 valence electrons. The van der Waals surface area contributed by atoms with Crippen LogP contribution < -0.4 is 14.8 Å². The second-order valence-corrected chi connectivity index (χ2v) is 6.70. The summed E-state index contributed by atoms with van der Waals surface area (Å²) in [5.74, 6) is -0.757. The molecule has 24 heavy (non-hydrogen) atoms. The van der Waals surface area contributed by atoms with E-state index >= 15 is 0 Å². The van der Waals surface area contributed by atoms with Crippen molar-refractivity contribution in [3.8, 4) is 5.75 Å². The summed E-state index contributed by atoms with van der Waals surface area (Å²) in [7, 11) is -2.42. The number of nitrogens with one attached hydrogen (secondary N) is 2.